The van der Waals surface area contributed by atoms with Gasteiger partial charge in [-0.25, -0.2) is 4.79 Å². The lowest BCUT2D eigenvalue weighted by atomic mass is 10.4. The Morgan fingerprint density at radius 2 is 1.14 bits per heavy atom. The first-order chi connectivity index (χ1) is 6.81. The number of hydrogen-bond donors (Lipinski definition) is 0. The fraction of sp³-hybridized carbons (Fsp3) is 0.364. The zero-order valence-electron chi connectivity index (χ0n) is 8.60. The average molecular weight is 196 g/mol. The van der Waals surface area contributed by atoms with Crippen molar-refractivity contribution in [3.63, 3.8) is 0 Å². The number of carbonyl (C=O) groups excluding carboxylic acids is 1. The van der Waals surface area contributed by atoms with Gasteiger partial charge in [0.25, 0.3) is 0 Å². The maximum Gasteiger partial charge on any atom is 0.508 e. The molecule has 0 saturated carbocycles. The van der Waals surface area contributed by atoms with Gasteiger partial charge in [-0.3, -0.25) is 0 Å². The third-order valence-electron chi connectivity index (χ3n) is 1.19. The molecule has 0 amide bonds. The molecule has 0 saturated heterocycles. The fourth-order valence-electron chi connectivity index (χ4n) is 0.662. The van der Waals surface area contributed by atoms with Gasteiger partial charge in [-0.15, -0.1) is 0 Å². The van der Waals surface area contributed by atoms with Crippen molar-refractivity contribution in [1.29, 1.82) is 0 Å². The Balaban J connectivity index is 0.000000249. The number of carbonyl (C=O) groups is 1. The molecule has 0 aromatic heterocycles. The highest BCUT2D eigenvalue weighted by atomic mass is 16.7. The Bertz CT molecular complexity index is 187. The van der Waals surface area contributed by atoms with Gasteiger partial charge in [0, 0.05) is 0 Å². The summed E-state index contributed by atoms with van der Waals surface area (Å²) in [6, 6.07) is 12.0. The normalized spacial score (nSPS) is 8.14. The van der Waals surface area contributed by atoms with Gasteiger partial charge in [0.05, 0.1) is 13.2 Å². The van der Waals surface area contributed by atoms with Crippen molar-refractivity contribution in [2.45, 2.75) is 13.8 Å². The zero-order chi connectivity index (χ0) is 10.6. The number of benzene rings is 1. The Morgan fingerprint density at radius 3 is 1.36 bits per heavy atom. The molecular formula is C11H16O3. The van der Waals surface area contributed by atoms with Crippen LogP contribution in [0.25, 0.3) is 0 Å². The van der Waals surface area contributed by atoms with Crippen molar-refractivity contribution in [1.82, 2.24) is 0 Å². The van der Waals surface area contributed by atoms with Crippen LogP contribution in [0.3, 0.4) is 0 Å². The van der Waals surface area contributed by atoms with E-state index in [1.54, 1.807) is 13.8 Å². The van der Waals surface area contributed by atoms with Crippen LogP contribution in [-0.2, 0) is 9.47 Å². The molecular weight excluding hydrogens is 180 g/mol. The molecule has 0 unspecified atom stereocenters. The molecule has 0 radical (unpaired) electrons. The molecule has 0 spiro atoms. The van der Waals surface area contributed by atoms with Crippen LogP contribution in [0, 0.1) is 0 Å². The summed E-state index contributed by atoms with van der Waals surface area (Å²) in [7, 11) is 0. The summed E-state index contributed by atoms with van der Waals surface area (Å²) >= 11 is 0. The van der Waals surface area contributed by atoms with Gasteiger partial charge in [-0.2, -0.15) is 0 Å². The molecule has 1 rings (SSSR count). The van der Waals surface area contributed by atoms with Crippen LogP contribution >= 0.6 is 0 Å². The van der Waals surface area contributed by atoms with Crippen LogP contribution in [0.2, 0.25) is 0 Å². The van der Waals surface area contributed by atoms with E-state index in [1.165, 1.54) is 0 Å². The summed E-state index contributed by atoms with van der Waals surface area (Å²) in [5.41, 5.74) is 0. The molecule has 0 atom stereocenters. The topological polar surface area (TPSA) is 35.5 Å². The highest BCUT2D eigenvalue weighted by Crippen LogP contribution is 1.82. The molecule has 0 aliphatic heterocycles. The predicted molar refractivity (Wildman–Crippen MR) is 55.1 cm³/mol. The molecule has 3 nitrogen and oxygen atoms in total. The largest absolute Gasteiger partial charge is 0.508 e. The summed E-state index contributed by atoms with van der Waals surface area (Å²) in [4.78, 5) is 10.2. The minimum absolute atomic E-state index is 0.374. The van der Waals surface area contributed by atoms with E-state index in [1.807, 2.05) is 36.4 Å². The summed E-state index contributed by atoms with van der Waals surface area (Å²) < 4.78 is 8.84. The van der Waals surface area contributed by atoms with Gasteiger partial charge < -0.3 is 9.47 Å². The molecule has 1 aromatic carbocycles. The maximum atomic E-state index is 10.2. The molecule has 14 heavy (non-hydrogen) atoms. The molecule has 1 aromatic rings. The van der Waals surface area contributed by atoms with Crippen LogP contribution in [0.5, 0.6) is 0 Å². The zero-order valence-corrected chi connectivity index (χ0v) is 8.60. The van der Waals surface area contributed by atoms with E-state index in [4.69, 9.17) is 0 Å². The Morgan fingerprint density at radius 1 is 0.857 bits per heavy atom. The third-order valence-corrected chi connectivity index (χ3v) is 1.19. The van der Waals surface area contributed by atoms with Crippen molar-refractivity contribution in [3.8, 4) is 0 Å². The minimum Gasteiger partial charge on any atom is -0.435 e. The van der Waals surface area contributed by atoms with Gasteiger partial charge in [0.15, 0.2) is 0 Å². The second-order valence-electron chi connectivity index (χ2n) is 2.27. The molecule has 0 aliphatic carbocycles. The highest BCUT2D eigenvalue weighted by Gasteiger charge is 1.96. The van der Waals surface area contributed by atoms with Gasteiger partial charge in [-0.1, -0.05) is 36.4 Å². The fourth-order valence-corrected chi connectivity index (χ4v) is 0.662. The second-order valence-corrected chi connectivity index (χ2v) is 2.27. The van der Waals surface area contributed by atoms with E-state index < -0.39 is 6.16 Å². The molecule has 78 valence electrons. The lowest BCUT2D eigenvalue weighted by molar-refractivity contribution is 0.0630. The van der Waals surface area contributed by atoms with E-state index in [0.29, 0.717) is 13.2 Å². The predicted octanol–water partition coefficient (Wildman–Crippen LogP) is 2.87. The van der Waals surface area contributed by atoms with Gasteiger partial charge >= 0.3 is 6.16 Å². The van der Waals surface area contributed by atoms with E-state index >= 15 is 0 Å². The van der Waals surface area contributed by atoms with Crippen LogP contribution in [-0.4, -0.2) is 19.4 Å². The van der Waals surface area contributed by atoms with Crippen molar-refractivity contribution in [3.05, 3.63) is 36.4 Å². The first-order valence-corrected chi connectivity index (χ1v) is 4.60. The average Bonchev–Trinajstić information content (AvgIpc) is 2.22. The summed E-state index contributed by atoms with van der Waals surface area (Å²) in [6.45, 7) is 4.21. The minimum atomic E-state index is -0.588. The van der Waals surface area contributed by atoms with Crippen molar-refractivity contribution in [2.24, 2.45) is 0 Å². The first kappa shape index (κ1) is 12.5. The summed E-state index contributed by atoms with van der Waals surface area (Å²) in [5, 5.41) is 0. The van der Waals surface area contributed by atoms with E-state index in [9.17, 15) is 4.79 Å². The molecule has 3 heteroatoms. The van der Waals surface area contributed by atoms with Gasteiger partial charge in [0.2, 0.25) is 0 Å². The lowest BCUT2D eigenvalue weighted by Crippen LogP contribution is -2.05. The van der Waals surface area contributed by atoms with Crippen LogP contribution in [0.4, 0.5) is 4.79 Å². The molecule has 0 bridgehead atoms. The quantitative estimate of drug-likeness (QED) is 0.682. The van der Waals surface area contributed by atoms with Crippen LogP contribution < -0.4 is 0 Å². The highest BCUT2D eigenvalue weighted by molar-refractivity contribution is 5.59. The number of ether oxygens (including phenoxy) is 2. The smallest absolute Gasteiger partial charge is 0.435 e. The summed E-state index contributed by atoms with van der Waals surface area (Å²) in [5.74, 6) is 0. The van der Waals surface area contributed by atoms with Crippen LogP contribution in [0.15, 0.2) is 36.4 Å². The molecule has 0 aliphatic rings. The van der Waals surface area contributed by atoms with E-state index in [-0.39, 0.29) is 0 Å². The number of rotatable bonds is 2. The lowest BCUT2D eigenvalue weighted by Gasteiger charge is -1.98. The third kappa shape index (κ3) is 8.59. The molecule has 0 heterocycles. The second kappa shape index (κ2) is 9.58. The Kier molecular flexibility index (Phi) is 8.54. The molecule has 0 fully saturated rings. The maximum absolute atomic E-state index is 10.2. The van der Waals surface area contributed by atoms with Crippen molar-refractivity contribution >= 4 is 6.16 Å². The SMILES string of the molecule is CCOC(=O)OCC.c1ccccc1. The number of hydrogen-bond acceptors (Lipinski definition) is 3. The van der Waals surface area contributed by atoms with E-state index in [2.05, 4.69) is 9.47 Å². The standard InChI is InChI=1S/C6H6.C5H10O3/c1-2-4-6-5-3-1;1-3-7-5(6)8-4-2/h1-6H;3-4H2,1-2H3. The van der Waals surface area contributed by atoms with Crippen molar-refractivity contribution < 1.29 is 14.3 Å². The van der Waals surface area contributed by atoms with Gasteiger partial charge in [-0.05, 0) is 13.8 Å². The van der Waals surface area contributed by atoms with Crippen LogP contribution in [0.1, 0.15) is 13.8 Å². The molecule has 0 N–H and O–H groups in total. The Hall–Kier alpha value is -1.51. The first-order valence-electron chi connectivity index (χ1n) is 4.60. The Labute approximate surface area is 84.7 Å². The monoisotopic (exact) mass is 196 g/mol. The van der Waals surface area contributed by atoms with Crippen molar-refractivity contribution in [2.75, 3.05) is 13.2 Å². The van der Waals surface area contributed by atoms with Gasteiger partial charge in [0.1, 0.15) is 0 Å². The van der Waals surface area contributed by atoms with E-state index in [0.717, 1.165) is 0 Å². The summed E-state index contributed by atoms with van der Waals surface area (Å²) in [6.07, 6.45) is -0.588.